The lowest BCUT2D eigenvalue weighted by molar-refractivity contribution is -0.141. The van der Waals surface area contributed by atoms with Crippen LogP contribution in [-0.2, 0) is 19.1 Å². The monoisotopic (exact) mass is 522 g/mol. The second kappa shape index (κ2) is 10.8. The number of likely N-dealkylation sites (tertiary alicyclic amines) is 1. The highest BCUT2D eigenvalue weighted by atomic mass is 16.5. The summed E-state index contributed by atoms with van der Waals surface area (Å²) in [4.78, 5) is 45.2. The average molecular weight is 523 g/mol. The normalized spacial score (nSPS) is 30.4. The molecule has 1 aromatic carbocycles. The molecule has 4 aliphatic rings. The highest BCUT2D eigenvalue weighted by molar-refractivity contribution is 6.02. The maximum Gasteiger partial charge on any atom is 0.246 e. The van der Waals surface area contributed by atoms with Crippen LogP contribution < -0.4 is 10.6 Å². The molecule has 2 N–H and O–H groups in total. The summed E-state index contributed by atoms with van der Waals surface area (Å²) < 4.78 is 6.45. The summed E-state index contributed by atoms with van der Waals surface area (Å²) in [6.07, 6.45) is 9.31. The first-order valence-corrected chi connectivity index (χ1v) is 14.2. The van der Waals surface area contributed by atoms with Gasteiger partial charge in [-0.1, -0.05) is 57.4 Å². The number of benzene rings is 1. The van der Waals surface area contributed by atoms with E-state index in [9.17, 15) is 14.4 Å². The number of nitrogens with one attached hydrogen (secondary N) is 2. The van der Waals surface area contributed by atoms with Gasteiger partial charge in [0.2, 0.25) is 17.7 Å². The predicted molar refractivity (Wildman–Crippen MR) is 147 cm³/mol. The number of nitrogens with zero attached hydrogens (tertiary/aromatic N) is 2. The number of fused-ring (bicyclic) bond motifs is 1. The molecule has 0 unspecified atom stereocenters. The molecule has 3 aliphatic heterocycles. The number of carbonyl (C=O) groups is 3. The van der Waals surface area contributed by atoms with Crippen LogP contribution in [0.25, 0.3) is 0 Å². The van der Waals surface area contributed by atoms with E-state index in [4.69, 9.17) is 4.74 Å². The van der Waals surface area contributed by atoms with Gasteiger partial charge >= 0.3 is 0 Å². The zero-order valence-corrected chi connectivity index (χ0v) is 23.1. The van der Waals surface area contributed by atoms with Crippen molar-refractivity contribution in [3.05, 3.63) is 42.0 Å². The van der Waals surface area contributed by atoms with Gasteiger partial charge in [0, 0.05) is 18.3 Å². The van der Waals surface area contributed by atoms with E-state index in [1.165, 1.54) is 12.0 Å². The molecular weight excluding hydrogens is 480 g/mol. The van der Waals surface area contributed by atoms with Gasteiger partial charge in [0.05, 0.1) is 17.9 Å². The number of anilines is 1. The van der Waals surface area contributed by atoms with E-state index in [1.807, 2.05) is 50.5 Å². The van der Waals surface area contributed by atoms with Crippen molar-refractivity contribution in [3.63, 3.8) is 0 Å². The molecule has 1 spiro atoms. The summed E-state index contributed by atoms with van der Waals surface area (Å²) in [6.45, 7) is 5.50. The van der Waals surface area contributed by atoms with Crippen LogP contribution >= 0.6 is 0 Å². The third-order valence-electron chi connectivity index (χ3n) is 8.73. The first-order chi connectivity index (χ1) is 18.2. The highest BCUT2D eigenvalue weighted by Crippen LogP contribution is 2.55. The van der Waals surface area contributed by atoms with E-state index < -0.39 is 29.6 Å². The molecule has 0 radical (unpaired) electrons. The maximum absolute atomic E-state index is 14.0. The van der Waals surface area contributed by atoms with Crippen molar-refractivity contribution >= 4 is 23.4 Å². The molecule has 206 valence electrons. The number of amides is 3. The average Bonchev–Trinajstić information content (AvgIpc) is 3.52. The van der Waals surface area contributed by atoms with E-state index >= 15 is 0 Å². The van der Waals surface area contributed by atoms with E-state index in [0.29, 0.717) is 18.2 Å². The Bertz CT molecular complexity index is 1080. The van der Waals surface area contributed by atoms with Crippen LogP contribution in [-0.4, -0.2) is 78.5 Å². The van der Waals surface area contributed by atoms with Crippen molar-refractivity contribution in [2.45, 2.75) is 82.1 Å². The van der Waals surface area contributed by atoms with Crippen molar-refractivity contribution in [1.29, 1.82) is 0 Å². The van der Waals surface area contributed by atoms with Crippen LogP contribution in [0, 0.1) is 11.8 Å². The molecule has 1 aromatic rings. The maximum atomic E-state index is 14.0. The summed E-state index contributed by atoms with van der Waals surface area (Å²) >= 11 is 0. The lowest BCUT2D eigenvalue weighted by atomic mass is 9.74. The van der Waals surface area contributed by atoms with Gasteiger partial charge in [-0.25, -0.2) is 0 Å². The third-order valence-corrected chi connectivity index (χ3v) is 8.73. The van der Waals surface area contributed by atoms with E-state index in [0.717, 1.165) is 38.6 Å². The zero-order valence-electron chi connectivity index (χ0n) is 23.1. The lowest BCUT2D eigenvalue weighted by Crippen LogP contribution is -2.56. The van der Waals surface area contributed by atoms with Crippen LogP contribution in [0.3, 0.4) is 0 Å². The van der Waals surface area contributed by atoms with Crippen molar-refractivity contribution in [2.24, 2.45) is 11.8 Å². The van der Waals surface area contributed by atoms with Crippen LogP contribution in [0.4, 0.5) is 5.69 Å². The lowest BCUT2D eigenvalue weighted by Gasteiger charge is -2.34. The Kier molecular flexibility index (Phi) is 7.65. The molecular formula is C30H42N4O4. The summed E-state index contributed by atoms with van der Waals surface area (Å²) in [5.74, 6) is -1.55. The van der Waals surface area contributed by atoms with Gasteiger partial charge < -0.3 is 25.2 Å². The van der Waals surface area contributed by atoms with Gasteiger partial charge in [-0.05, 0) is 63.5 Å². The first-order valence-electron chi connectivity index (χ1n) is 14.2. The van der Waals surface area contributed by atoms with Crippen molar-refractivity contribution in [1.82, 2.24) is 15.1 Å². The van der Waals surface area contributed by atoms with E-state index in [1.54, 1.807) is 4.90 Å². The van der Waals surface area contributed by atoms with Gasteiger partial charge in [0.25, 0.3) is 0 Å². The Balaban J connectivity index is 1.39. The Morgan fingerprint density at radius 3 is 2.47 bits per heavy atom. The van der Waals surface area contributed by atoms with Gasteiger partial charge in [-0.3, -0.25) is 14.4 Å². The number of hydrogen-bond acceptors (Lipinski definition) is 5. The van der Waals surface area contributed by atoms with Crippen molar-refractivity contribution in [3.8, 4) is 0 Å². The molecule has 8 nitrogen and oxygen atoms in total. The number of hydrogen-bond donors (Lipinski definition) is 2. The standard InChI is InChI=1S/C30H42N4O4/c1-19(2)20-11-13-22(14-12-20)31-27(35)24-23-15-16-30(38-23)25(24)29(37)34(18-8-17-33(3)4)26(30)28(36)32-21-9-6-5-7-10-21/h11-16,19,21,23-26H,5-10,17-18H2,1-4H3,(H,31,35)(H,32,36)/t23-,24-,25-,26+,30-/m0/s1. The molecule has 1 saturated carbocycles. The number of carbonyl (C=O) groups excluding carboxylic acids is 3. The Hall–Kier alpha value is -2.71. The summed E-state index contributed by atoms with van der Waals surface area (Å²) in [6, 6.07) is 7.18. The van der Waals surface area contributed by atoms with E-state index in [2.05, 4.69) is 29.4 Å². The third kappa shape index (κ3) is 4.89. The summed E-state index contributed by atoms with van der Waals surface area (Å²) in [5.41, 5.74) is 0.779. The molecule has 1 aliphatic carbocycles. The SMILES string of the molecule is CC(C)c1ccc(NC(=O)[C@H]2[C@@H]3C=C[C@]4(O3)[C@@H]2C(=O)N(CCCN(C)C)[C@@H]4C(=O)NC2CCCCC2)cc1. The van der Waals surface area contributed by atoms with Crippen LogP contribution in [0.15, 0.2) is 36.4 Å². The molecule has 3 amide bonds. The minimum Gasteiger partial charge on any atom is -0.359 e. The van der Waals surface area contributed by atoms with Gasteiger partial charge in [-0.15, -0.1) is 0 Å². The Labute approximate surface area is 226 Å². The number of ether oxygens (including phenoxy) is 1. The fourth-order valence-electron chi connectivity index (χ4n) is 6.77. The molecule has 3 fully saturated rings. The molecule has 3 heterocycles. The van der Waals surface area contributed by atoms with Gasteiger partial charge in [0.15, 0.2) is 0 Å². The smallest absolute Gasteiger partial charge is 0.246 e. The zero-order chi connectivity index (χ0) is 27.0. The summed E-state index contributed by atoms with van der Waals surface area (Å²) in [5, 5.41) is 6.26. The van der Waals surface area contributed by atoms with Crippen LogP contribution in [0.1, 0.15) is 63.9 Å². The summed E-state index contributed by atoms with van der Waals surface area (Å²) in [7, 11) is 3.99. The minimum absolute atomic E-state index is 0.126. The van der Waals surface area contributed by atoms with Gasteiger partial charge in [-0.2, -0.15) is 0 Å². The topological polar surface area (TPSA) is 91.0 Å². The largest absolute Gasteiger partial charge is 0.359 e. The predicted octanol–water partition coefficient (Wildman–Crippen LogP) is 3.30. The van der Waals surface area contributed by atoms with Crippen molar-refractivity contribution < 1.29 is 19.1 Å². The van der Waals surface area contributed by atoms with Crippen LogP contribution in [0.2, 0.25) is 0 Å². The molecule has 8 heteroatoms. The van der Waals surface area contributed by atoms with Gasteiger partial charge in [0.1, 0.15) is 11.6 Å². The second-order valence-electron chi connectivity index (χ2n) is 12.0. The Morgan fingerprint density at radius 2 is 1.82 bits per heavy atom. The second-order valence-corrected chi connectivity index (χ2v) is 12.0. The van der Waals surface area contributed by atoms with Crippen molar-refractivity contribution in [2.75, 3.05) is 32.5 Å². The van der Waals surface area contributed by atoms with Crippen LogP contribution in [0.5, 0.6) is 0 Å². The minimum atomic E-state index is -1.11. The molecule has 2 saturated heterocycles. The molecule has 5 rings (SSSR count). The molecule has 38 heavy (non-hydrogen) atoms. The molecule has 2 bridgehead atoms. The first kappa shape index (κ1) is 26.9. The molecule has 0 aromatic heterocycles. The fourth-order valence-corrected chi connectivity index (χ4v) is 6.77. The van der Waals surface area contributed by atoms with E-state index in [-0.39, 0.29) is 23.8 Å². The number of rotatable bonds is 9. The fraction of sp³-hybridized carbons (Fsp3) is 0.633. The molecule has 5 atom stereocenters. The quantitative estimate of drug-likeness (QED) is 0.486. The highest BCUT2D eigenvalue weighted by Gasteiger charge is 2.72. The Morgan fingerprint density at radius 1 is 1.11 bits per heavy atom.